The lowest BCUT2D eigenvalue weighted by molar-refractivity contribution is -0.129. The van der Waals surface area contributed by atoms with Crippen molar-refractivity contribution in [1.82, 2.24) is 5.32 Å². The maximum Gasteiger partial charge on any atom is 0.253 e. The molecule has 0 saturated heterocycles. The number of nitrogens with one attached hydrogen (secondary N) is 1. The summed E-state index contributed by atoms with van der Waals surface area (Å²) in [7, 11) is 0. The fourth-order valence-electron chi connectivity index (χ4n) is 1.56. The zero-order valence-electron chi connectivity index (χ0n) is 10.7. The van der Waals surface area contributed by atoms with E-state index in [1.54, 1.807) is 17.8 Å². The van der Waals surface area contributed by atoms with Gasteiger partial charge in [0.05, 0.1) is 0 Å². The highest BCUT2D eigenvalue weighted by Gasteiger charge is 2.17. The molecule has 3 nitrogen and oxygen atoms in total. The fourth-order valence-corrected chi connectivity index (χ4v) is 2.60. The molecule has 19 heavy (non-hydrogen) atoms. The highest BCUT2D eigenvalue weighted by atomic mass is 35.5. The molecule has 0 bridgehead atoms. The molecule has 6 heteroatoms. The van der Waals surface area contributed by atoms with Crippen LogP contribution in [-0.2, 0) is 4.79 Å². The molecule has 0 aliphatic carbocycles. The summed E-state index contributed by atoms with van der Waals surface area (Å²) in [6, 6.07) is 4.62. The summed E-state index contributed by atoms with van der Waals surface area (Å²) in [6.45, 7) is 0.560. The molecule has 0 heterocycles. The van der Waals surface area contributed by atoms with Gasteiger partial charge in [0.2, 0.25) is 0 Å². The van der Waals surface area contributed by atoms with Crippen LogP contribution in [0.5, 0.6) is 0 Å². The Kier molecular flexibility index (Phi) is 7.61. The average molecular weight is 322 g/mol. The number of aliphatic hydroxyl groups excluding tert-OH is 1. The normalized spacial score (nSPS) is 12.2. The van der Waals surface area contributed by atoms with E-state index in [0.29, 0.717) is 22.2 Å². The van der Waals surface area contributed by atoms with E-state index in [2.05, 4.69) is 5.32 Å². The van der Waals surface area contributed by atoms with Crippen molar-refractivity contribution in [2.24, 2.45) is 0 Å². The average Bonchev–Trinajstić information content (AvgIpc) is 2.36. The molecule has 1 atom stereocenters. The van der Waals surface area contributed by atoms with Crippen LogP contribution in [0.1, 0.15) is 24.5 Å². The van der Waals surface area contributed by atoms with Gasteiger partial charge in [-0.2, -0.15) is 11.8 Å². The molecule has 0 saturated carbocycles. The predicted molar refractivity (Wildman–Crippen MR) is 82.0 cm³/mol. The van der Waals surface area contributed by atoms with Crippen molar-refractivity contribution in [3.05, 3.63) is 33.8 Å². The molecule has 0 aliphatic rings. The van der Waals surface area contributed by atoms with Crippen molar-refractivity contribution < 1.29 is 9.90 Å². The largest absolute Gasteiger partial charge is 0.378 e. The van der Waals surface area contributed by atoms with Crippen LogP contribution in [0.2, 0.25) is 10.0 Å². The Labute approximate surface area is 127 Å². The Balaban J connectivity index is 2.47. The number of aliphatic hydroxyl groups is 1. The predicted octanol–water partition coefficient (Wildman–Crippen LogP) is 3.29. The quantitative estimate of drug-likeness (QED) is 0.758. The molecule has 1 amide bonds. The van der Waals surface area contributed by atoms with Crippen LogP contribution in [0.15, 0.2) is 18.2 Å². The third-order valence-electron chi connectivity index (χ3n) is 2.52. The summed E-state index contributed by atoms with van der Waals surface area (Å²) in [5.41, 5.74) is 0.402. The summed E-state index contributed by atoms with van der Waals surface area (Å²) in [4.78, 5) is 11.7. The highest BCUT2D eigenvalue weighted by molar-refractivity contribution is 7.98. The number of hydrogen-bond donors (Lipinski definition) is 2. The molecule has 0 aliphatic heterocycles. The molecule has 1 unspecified atom stereocenters. The first kappa shape index (κ1) is 16.6. The molecule has 0 aromatic heterocycles. The zero-order valence-corrected chi connectivity index (χ0v) is 13.0. The zero-order chi connectivity index (χ0) is 14.3. The second-order valence-electron chi connectivity index (χ2n) is 4.10. The van der Waals surface area contributed by atoms with Crippen LogP contribution >= 0.6 is 35.0 Å². The van der Waals surface area contributed by atoms with Gasteiger partial charge in [-0.25, -0.2) is 0 Å². The van der Waals surface area contributed by atoms with Crippen LogP contribution < -0.4 is 5.32 Å². The van der Waals surface area contributed by atoms with Gasteiger partial charge in [0, 0.05) is 16.6 Å². The number of halogens is 2. The Bertz CT molecular complexity index is 409. The summed E-state index contributed by atoms with van der Waals surface area (Å²) in [6.07, 6.45) is 2.75. The van der Waals surface area contributed by atoms with E-state index in [1.165, 1.54) is 12.1 Å². The Hall–Kier alpha value is -0.420. The van der Waals surface area contributed by atoms with Crippen LogP contribution in [0.4, 0.5) is 0 Å². The van der Waals surface area contributed by atoms with Crippen molar-refractivity contribution in [2.75, 3.05) is 18.6 Å². The maximum absolute atomic E-state index is 11.7. The first-order valence-corrected chi connectivity index (χ1v) is 8.10. The van der Waals surface area contributed by atoms with Gasteiger partial charge < -0.3 is 10.4 Å². The topological polar surface area (TPSA) is 49.3 Å². The Morgan fingerprint density at radius 3 is 2.53 bits per heavy atom. The van der Waals surface area contributed by atoms with Crippen molar-refractivity contribution in [3.8, 4) is 0 Å². The van der Waals surface area contributed by atoms with Crippen LogP contribution in [0.25, 0.3) is 0 Å². The molecule has 0 fully saturated rings. The molecule has 1 aromatic rings. The second-order valence-corrected chi connectivity index (χ2v) is 5.95. The first-order chi connectivity index (χ1) is 9.04. The second kappa shape index (κ2) is 8.69. The van der Waals surface area contributed by atoms with Gasteiger partial charge in [-0.15, -0.1) is 0 Å². The van der Waals surface area contributed by atoms with Gasteiger partial charge in [-0.3, -0.25) is 4.79 Å². The van der Waals surface area contributed by atoms with Crippen molar-refractivity contribution in [2.45, 2.75) is 18.9 Å². The molecular formula is C13H17Cl2NO2S. The van der Waals surface area contributed by atoms with Gasteiger partial charge in [-0.1, -0.05) is 23.2 Å². The van der Waals surface area contributed by atoms with E-state index in [9.17, 15) is 9.90 Å². The molecule has 1 aromatic carbocycles. The molecule has 0 radical (unpaired) electrons. The Morgan fingerprint density at radius 1 is 1.32 bits per heavy atom. The number of benzene rings is 1. The van der Waals surface area contributed by atoms with Gasteiger partial charge in [0.1, 0.15) is 0 Å². The maximum atomic E-state index is 11.7. The monoisotopic (exact) mass is 321 g/mol. The molecule has 0 spiro atoms. The summed E-state index contributed by atoms with van der Waals surface area (Å²) in [5, 5.41) is 13.4. The molecule has 2 N–H and O–H groups in total. The minimum Gasteiger partial charge on any atom is -0.378 e. The molecular weight excluding hydrogens is 305 g/mol. The molecule has 106 valence electrons. The van der Waals surface area contributed by atoms with Crippen LogP contribution in [0.3, 0.4) is 0 Å². The van der Waals surface area contributed by atoms with Crippen molar-refractivity contribution in [3.63, 3.8) is 0 Å². The number of rotatable bonds is 7. The lowest BCUT2D eigenvalue weighted by Crippen LogP contribution is -2.30. The van der Waals surface area contributed by atoms with Gasteiger partial charge in [-0.05, 0) is 48.6 Å². The fraction of sp³-hybridized carbons (Fsp3) is 0.462. The standard InChI is InChI=1S/C13H17Cl2NO2S/c1-19-5-3-2-4-16-13(18)12(17)9-6-10(14)8-11(15)7-9/h6-8,12,17H,2-5H2,1H3,(H,16,18). The molecule has 1 rings (SSSR count). The number of carbonyl (C=O) groups is 1. The first-order valence-electron chi connectivity index (χ1n) is 5.95. The highest BCUT2D eigenvalue weighted by Crippen LogP contribution is 2.23. The van der Waals surface area contributed by atoms with E-state index < -0.39 is 12.0 Å². The minimum atomic E-state index is -1.24. The summed E-state index contributed by atoms with van der Waals surface area (Å²) >= 11 is 13.4. The van der Waals surface area contributed by atoms with Crippen LogP contribution in [0, 0.1) is 0 Å². The number of unbranched alkanes of at least 4 members (excludes halogenated alkanes) is 1. The SMILES string of the molecule is CSCCCCNC(=O)C(O)c1cc(Cl)cc(Cl)c1. The minimum absolute atomic E-state index is 0.398. The Morgan fingerprint density at radius 2 is 1.95 bits per heavy atom. The smallest absolute Gasteiger partial charge is 0.253 e. The van der Waals surface area contributed by atoms with E-state index in [1.807, 2.05) is 6.26 Å². The lowest BCUT2D eigenvalue weighted by Gasteiger charge is -2.12. The van der Waals surface area contributed by atoms with Gasteiger partial charge >= 0.3 is 0 Å². The van der Waals surface area contributed by atoms with Crippen LogP contribution in [-0.4, -0.2) is 29.6 Å². The number of amides is 1. The van der Waals surface area contributed by atoms with Crippen molar-refractivity contribution in [1.29, 1.82) is 0 Å². The third-order valence-corrected chi connectivity index (χ3v) is 3.66. The van der Waals surface area contributed by atoms with E-state index >= 15 is 0 Å². The lowest BCUT2D eigenvalue weighted by atomic mass is 10.1. The summed E-state index contributed by atoms with van der Waals surface area (Å²) < 4.78 is 0. The van der Waals surface area contributed by atoms with E-state index in [0.717, 1.165) is 18.6 Å². The number of hydrogen-bond acceptors (Lipinski definition) is 3. The van der Waals surface area contributed by atoms with Gasteiger partial charge in [0.25, 0.3) is 5.91 Å². The summed E-state index contributed by atoms with van der Waals surface area (Å²) in [5.74, 6) is 0.643. The third kappa shape index (κ3) is 6.04. The van der Waals surface area contributed by atoms with Gasteiger partial charge in [0.15, 0.2) is 6.10 Å². The van der Waals surface area contributed by atoms with E-state index in [4.69, 9.17) is 23.2 Å². The number of carbonyl (C=O) groups excluding carboxylic acids is 1. The van der Waals surface area contributed by atoms with Crippen molar-refractivity contribution >= 4 is 40.9 Å². The number of thioether (sulfide) groups is 1. The van der Waals surface area contributed by atoms with E-state index in [-0.39, 0.29) is 0 Å².